The van der Waals surface area contributed by atoms with Crippen molar-refractivity contribution < 1.29 is 0 Å². The second-order valence-electron chi connectivity index (χ2n) is 8.46. The molecule has 0 radical (unpaired) electrons. The lowest BCUT2D eigenvalue weighted by molar-refractivity contribution is 0.456. The lowest BCUT2D eigenvalue weighted by Crippen LogP contribution is -2.47. The minimum absolute atomic E-state index is 0.545. The van der Waals surface area contributed by atoms with Gasteiger partial charge in [0.2, 0.25) is 0 Å². The van der Waals surface area contributed by atoms with Gasteiger partial charge in [0.1, 0.15) is 30.1 Å². The van der Waals surface area contributed by atoms with Gasteiger partial charge in [-0.2, -0.15) is 0 Å². The van der Waals surface area contributed by atoms with Crippen molar-refractivity contribution in [3.8, 4) is 0 Å². The molecule has 2 fully saturated rings. The van der Waals surface area contributed by atoms with Crippen molar-refractivity contribution in [3.63, 3.8) is 0 Å². The number of hydrogen-bond acceptors (Lipinski definition) is 7. The second-order valence-corrected chi connectivity index (χ2v) is 8.46. The molecule has 7 heteroatoms. The summed E-state index contributed by atoms with van der Waals surface area (Å²) < 4.78 is 0. The highest BCUT2D eigenvalue weighted by molar-refractivity contribution is 5.53. The fourth-order valence-corrected chi connectivity index (χ4v) is 4.72. The van der Waals surface area contributed by atoms with E-state index in [0.29, 0.717) is 12.1 Å². The van der Waals surface area contributed by atoms with Crippen molar-refractivity contribution in [3.05, 3.63) is 30.0 Å². The molecule has 148 valence electrons. The molecule has 0 spiro atoms. The van der Waals surface area contributed by atoms with Gasteiger partial charge in [-0.25, -0.2) is 19.9 Å². The molecule has 2 aliphatic carbocycles. The molecule has 0 atom stereocenters. The number of fused-ring (bicyclic) bond motifs is 1. The van der Waals surface area contributed by atoms with Crippen LogP contribution in [0.1, 0.15) is 43.4 Å². The van der Waals surface area contributed by atoms with Crippen LogP contribution < -0.4 is 14.7 Å². The van der Waals surface area contributed by atoms with E-state index in [1.807, 2.05) is 14.1 Å². The van der Waals surface area contributed by atoms with E-state index in [9.17, 15) is 0 Å². The van der Waals surface area contributed by atoms with Gasteiger partial charge in [-0.3, -0.25) is 0 Å². The van der Waals surface area contributed by atoms with Gasteiger partial charge in [-0.05, 0) is 44.9 Å². The maximum Gasteiger partial charge on any atom is 0.135 e. The van der Waals surface area contributed by atoms with Crippen molar-refractivity contribution in [2.24, 2.45) is 0 Å². The molecule has 3 heterocycles. The van der Waals surface area contributed by atoms with Crippen LogP contribution in [0.15, 0.2) is 18.7 Å². The predicted octanol–water partition coefficient (Wildman–Crippen LogP) is 2.46. The first-order chi connectivity index (χ1) is 13.7. The number of anilines is 3. The molecule has 1 saturated heterocycles. The molecule has 2 aromatic heterocycles. The standard InChI is InChI=1S/C21H29N7/c1-26(2)19-12-20(24-14-23-19)28(15-6-7-15)16-8-10-27(11-9-16)21-17-4-3-5-18(17)22-13-25-21/h12-16H,3-11H2,1-2H3. The maximum atomic E-state index is 4.66. The van der Waals surface area contributed by atoms with E-state index in [1.54, 1.807) is 12.7 Å². The Labute approximate surface area is 166 Å². The van der Waals surface area contributed by atoms with Crippen molar-refractivity contribution >= 4 is 17.5 Å². The molecule has 28 heavy (non-hydrogen) atoms. The maximum absolute atomic E-state index is 4.66. The van der Waals surface area contributed by atoms with Gasteiger partial charge in [0.15, 0.2) is 0 Å². The van der Waals surface area contributed by atoms with E-state index in [1.165, 1.54) is 36.3 Å². The number of piperidine rings is 1. The van der Waals surface area contributed by atoms with E-state index in [-0.39, 0.29) is 0 Å². The molecule has 1 aliphatic heterocycles. The van der Waals surface area contributed by atoms with Crippen LogP contribution in [0.3, 0.4) is 0 Å². The molecule has 0 N–H and O–H groups in total. The van der Waals surface area contributed by atoms with Crippen molar-refractivity contribution in [2.75, 3.05) is 41.9 Å². The third-order valence-corrected chi connectivity index (χ3v) is 6.31. The van der Waals surface area contributed by atoms with Crippen LogP contribution in [0.2, 0.25) is 0 Å². The second kappa shape index (κ2) is 7.18. The van der Waals surface area contributed by atoms with E-state index >= 15 is 0 Å². The smallest absolute Gasteiger partial charge is 0.135 e. The quantitative estimate of drug-likeness (QED) is 0.791. The summed E-state index contributed by atoms with van der Waals surface area (Å²) in [6.07, 6.45) is 11.8. The Morgan fingerprint density at radius 1 is 0.857 bits per heavy atom. The topological polar surface area (TPSA) is 61.3 Å². The third kappa shape index (κ3) is 3.27. The van der Waals surface area contributed by atoms with E-state index in [0.717, 1.165) is 50.4 Å². The summed E-state index contributed by atoms with van der Waals surface area (Å²) in [6, 6.07) is 3.33. The lowest BCUT2D eigenvalue weighted by Gasteiger charge is -2.40. The van der Waals surface area contributed by atoms with Gasteiger partial charge in [0.25, 0.3) is 0 Å². The normalized spacial score (nSPS) is 19.6. The summed E-state index contributed by atoms with van der Waals surface area (Å²) in [7, 11) is 4.07. The predicted molar refractivity (Wildman–Crippen MR) is 111 cm³/mol. The Hall–Kier alpha value is -2.44. The Balaban J connectivity index is 1.33. The molecule has 0 unspecified atom stereocenters. The fraction of sp³-hybridized carbons (Fsp3) is 0.619. The number of hydrogen-bond donors (Lipinski definition) is 0. The van der Waals surface area contributed by atoms with Gasteiger partial charge in [0.05, 0.1) is 0 Å². The van der Waals surface area contributed by atoms with Gasteiger partial charge < -0.3 is 14.7 Å². The highest BCUT2D eigenvalue weighted by Crippen LogP contribution is 2.37. The Kier molecular flexibility index (Phi) is 4.53. The summed E-state index contributed by atoms with van der Waals surface area (Å²) >= 11 is 0. The van der Waals surface area contributed by atoms with Gasteiger partial charge in [-0.15, -0.1) is 0 Å². The molecule has 0 bridgehead atoms. The lowest BCUT2D eigenvalue weighted by atomic mass is 10.0. The largest absolute Gasteiger partial charge is 0.363 e. The first-order valence-corrected chi connectivity index (χ1v) is 10.6. The molecule has 3 aliphatic rings. The van der Waals surface area contributed by atoms with Gasteiger partial charge in [0, 0.05) is 56.6 Å². The van der Waals surface area contributed by atoms with Crippen LogP contribution in [0.5, 0.6) is 0 Å². The van der Waals surface area contributed by atoms with Crippen LogP contribution in [0.4, 0.5) is 17.5 Å². The summed E-state index contributed by atoms with van der Waals surface area (Å²) in [6.45, 7) is 2.12. The molecule has 7 nitrogen and oxygen atoms in total. The average molecular weight is 380 g/mol. The van der Waals surface area contributed by atoms with Crippen molar-refractivity contribution in [1.29, 1.82) is 0 Å². The summed E-state index contributed by atoms with van der Waals surface area (Å²) in [5.74, 6) is 3.25. The third-order valence-electron chi connectivity index (χ3n) is 6.31. The molecule has 5 rings (SSSR count). The average Bonchev–Trinajstić information content (AvgIpc) is 3.43. The van der Waals surface area contributed by atoms with Crippen LogP contribution in [-0.2, 0) is 12.8 Å². The molecule has 0 amide bonds. The number of rotatable bonds is 5. The fourth-order valence-electron chi connectivity index (χ4n) is 4.72. The monoisotopic (exact) mass is 379 g/mol. The Bertz CT molecular complexity index is 840. The van der Waals surface area contributed by atoms with E-state index < -0.39 is 0 Å². The molecular formula is C21H29N7. The first-order valence-electron chi connectivity index (χ1n) is 10.6. The minimum atomic E-state index is 0.545. The molecule has 0 aromatic carbocycles. The number of aromatic nitrogens is 4. The summed E-state index contributed by atoms with van der Waals surface area (Å²) in [5, 5.41) is 0. The number of aryl methyl sites for hydroxylation is 1. The summed E-state index contributed by atoms with van der Waals surface area (Å²) in [4.78, 5) is 25.3. The van der Waals surface area contributed by atoms with E-state index in [4.69, 9.17) is 0 Å². The van der Waals surface area contributed by atoms with Crippen LogP contribution in [0, 0.1) is 0 Å². The number of nitrogens with zero attached hydrogens (tertiary/aromatic N) is 7. The Morgan fingerprint density at radius 3 is 2.32 bits per heavy atom. The molecule has 2 aromatic rings. The molecular weight excluding hydrogens is 350 g/mol. The Morgan fingerprint density at radius 2 is 1.57 bits per heavy atom. The first kappa shape index (κ1) is 17.6. The zero-order valence-corrected chi connectivity index (χ0v) is 16.9. The van der Waals surface area contributed by atoms with Crippen LogP contribution in [-0.4, -0.2) is 59.2 Å². The van der Waals surface area contributed by atoms with Gasteiger partial charge >= 0.3 is 0 Å². The van der Waals surface area contributed by atoms with Crippen molar-refractivity contribution in [2.45, 2.75) is 57.0 Å². The van der Waals surface area contributed by atoms with E-state index in [2.05, 4.69) is 40.7 Å². The van der Waals surface area contributed by atoms with Crippen LogP contribution in [0.25, 0.3) is 0 Å². The minimum Gasteiger partial charge on any atom is -0.363 e. The van der Waals surface area contributed by atoms with Crippen LogP contribution >= 0.6 is 0 Å². The van der Waals surface area contributed by atoms with Gasteiger partial charge in [-0.1, -0.05) is 0 Å². The highest BCUT2D eigenvalue weighted by atomic mass is 15.3. The SMILES string of the molecule is CN(C)c1cc(N(C2CC2)C2CCN(c3ncnc4c3CCC4)CC2)ncn1. The highest BCUT2D eigenvalue weighted by Gasteiger charge is 2.37. The zero-order valence-electron chi connectivity index (χ0n) is 16.9. The summed E-state index contributed by atoms with van der Waals surface area (Å²) in [5.41, 5.74) is 2.66. The van der Waals surface area contributed by atoms with Crippen molar-refractivity contribution in [1.82, 2.24) is 19.9 Å². The zero-order chi connectivity index (χ0) is 19.1. The molecule has 1 saturated carbocycles.